The van der Waals surface area contributed by atoms with Crippen LogP contribution in [-0.4, -0.2) is 39.2 Å². The molecule has 4 aromatic rings. The van der Waals surface area contributed by atoms with Crippen LogP contribution < -0.4 is 16.3 Å². The highest BCUT2D eigenvalue weighted by molar-refractivity contribution is 5.71. The van der Waals surface area contributed by atoms with Gasteiger partial charge in [0, 0.05) is 12.1 Å². The molecule has 5 rings (SSSR count). The number of H-pyrrole nitrogens is 1. The molecule has 0 aliphatic carbocycles. The number of anilines is 1. The summed E-state index contributed by atoms with van der Waals surface area (Å²) in [5.41, 5.74) is 3.06. The molecule has 1 fully saturated rings. The predicted octanol–water partition coefficient (Wildman–Crippen LogP) is 3.00. The van der Waals surface area contributed by atoms with E-state index in [1.54, 1.807) is 22.9 Å². The third-order valence-electron chi connectivity index (χ3n) is 5.67. The molecular formula is C23H23FN6O. The molecule has 0 spiro atoms. The molecule has 1 saturated heterocycles. The monoisotopic (exact) mass is 418 g/mol. The van der Waals surface area contributed by atoms with E-state index in [1.807, 2.05) is 30.3 Å². The smallest absolute Gasteiger partial charge is 0.328 e. The average molecular weight is 418 g/mol. The average Bonchev–Trinajstić information content (AvgIpc) is 3.41. The van der Waals surface area contributed by atoms with Gasteiger partial charge in [-0.15, -0.1) is 0 Å². The Bertz CT molecular complexity index is 1270. The minimum absolute atomic E-state index is 0.252. The molecule has 0 saturated carbocycles. The number of nitrogens with one attached hydrogen (secondary N) is 3. The number of halogens is 1. The number of hydrogen-bond donors (Lipinski definition) is 3. The van der Waals surface area contributed by atoms with E-state index in [1.165, 1.54) is 6.07 Å². The highest BCUT2D eigenvalue weighted by atomic mass is 19.1. The Morgan fingerprint density at radius 2 is 2.10 bits per heavy atom. The van der Waals surface area contributed by atoms with Crippen LogP contribution in [0.15, 0.2) is 59.5 Å². The van der Waals surface area contributed by atoms with Crippen LogP contribution in [0.4, 0.5) is 10.3 Å². The number of aromatic amines is 1. The summed E-state index contributed by atoms with van der Waals surface area (Å²) >= 11 is 0. The number of nitrogens with zero attached hydrogens (tertiary/aromatic N) is 3. The van der Waals surface area contributed by atoms with Crippen LogP contribution in [0.5, 0.6) is 0 Å². The van der Waals surface area contributed by atoms with E-state index in [0.29, 0.717) is 35.1 Å². The molecule has 1 aliphatic rings. The summed E-state index contributed by atoms with van der Waals surface area (Å²) in [4.78, 5) is 24.3. The maximum absolute atomic E-state index is 14.2. The Morgan fingerprint density at radius 3 is 2.94 bits per heavy atom. The van der Waals surface area contributed by atoms with E-state index in [-0.39, 0.29) is 11.5 Å². The van der Waals surface area contributed by atoms with Gasteiger partial charge in [0.2, 0.25) is 5.95 Å². The molecule has 7 nitrogen and oxygen atoms in total. The summed E-state index contributed by atoms with van der Waals surface area (Å²) in [5, 5.41) is 6.63. The standard InChI is InChI=1S/C23H23FN6O/c24-19-7-2-1-6-18(19)17-5-3-4-15(10-17)14-30-21-20(28-23(30)31)13-27-22(29-21)26-12-16-8-9-25-11-16/h1-7,10,13,16,25H,8-9,11-12,14H2,(H,28,31)(H,26,27,29)/t16-/m1/s1. The zero-order valence-corrected chi connectivity index (χ0v) is 16.9. The van der Waals surface area contributed by atoms with Crippen molar-refractivity contribution in [2.45, 2.75) is 13.0 Å². The molecule has 2 aromatic heterocycles. The third-order valence-corrected chi connectivity index (χ3v) is 5.67. The summed E-state index contributed by atoms with van der Waals surface area (Å²) in [6.45, 7) is 3.14. The van der Waals surface area contributed by atoms with Crippen molar-refractivity contribution in [2.75, 3.05) is 25.0 Å². The largest absolute Gasteiger partial charge is 0.354 e. The SMILES string of the molecule is O=c1[nH]c2cnc(NC[C@@H]3CCNC3)nc2n1Cc1cccc(-c2ccccc2F)c1. The number of benzene rings is 2. The lowest BCUT2D eigenvalue weighted by molar-refractivity contribution is 0.613. The first-order chi connectivity index (χ1) is 15.2. The number of hydrogen-bond acceptors (Lipinski definition) is 5. The van der Waals surface area contributed by atoms with Crippen LogP contribution in [0.1, 0.15) is 12.0 Å². The van der Waals surface area contributed by atoms with Crippen molar-refractivity contribution in [1.82, 2.24) is 24.8 Å². The van der Waals surface area contributed by atoms with Gasteiger partial charge in [-0.2, -0.15) is 4.98 Å². The van der Waals surface area contributed by atoms with Crippen LogP contribution in [0.2, 0.25) is 0 Å². The first kappa shape index (κ1) is 19.4. The Kier molecular flexibility index (Phi) is 5.21. The minimum atomic E-state index is -0.273. The molecule has 158 valence electrons. The lowest BCUT2D eigenvalue weighted by atomic mass is 10.0. The van der Waals surface area contributed by atoms with E-state index >= 15 is 0 Å². The number of imidazole rings is 1. The van der Waals surface area contributed by atoms with Crippen molar-refractivity contribution >= 4 is 17.1 Å². The number of rotatable bonds is 6. The summed E-state index contributed by atoms with van der Waals surface area (Å²) in [6.07, 6.45) is 2.76. The second kappa shape index (κ2) is 8.31. The quantitative estimate of drug-likeness (QED) is 0.448. The summed E-state index contributed by atoms with van der Waals surface area (Å²) in [7, 11) is 0. The van der Waals surface area contributed by atoms with Gasteiger partial charge in [-0.3, -0.25) is 4.57 Å². The van der Waals surface area contributed by atoms with Gasteiger partial charge in [-0.05, 0) is 48.7 Å². The van der Waals surface area contributed by atoms with E-state index < -0.39 is 0 Å². The van der Waals surface area contributed by atoms with Gasteiger partial charge in [0.1, 0.15) is 11.3 Å². The highest BCUT2D eigenvalue weighted by Crippen LogP contribution is 2.24. The van der Waals surface area contributed by atoms with Crippen LogP contribution in [0.25, 0.3) is 22.3 Å². The lowest BCUT2D eigenvalue weighted by Crippen LogP contribution is -2.19. The van der Waals surface area contributed by atoms with Crippen molar-refractivity contribution < 1.29 is 4.39 Å². The van der Waals surface area contributed by atoms with Crippen LogP contribution in [0, 0.1) is 11.7 Å². The van der Waals surface area contributed by atoms with Crippen molar-refractivity contribution in [1.29, 1.82) is 0 Å². The maximum Gasteiger partial charge on any atom is 0.328 e. The molecule has 1 aliphatic heterocycles. The zero-order chi connectivity index (χ0) is 21.2. The normalized spacial score (nSPS) is 16.1. The number of fused-ring (bicyclic) bond motifs is 1. The molecule has 3 heterocycles. The Labute approximate surface area is 178 Å². The van der Waals surface area contributed by atoms with Crippen molar-refractivity contribution in [3.05, 3.63) is 76.6 Å². The van der Waals surface area contributed by atoms with E-state index in [2.05, 4.69) is 25.6 Å². The van der Waals surface area contributed by atoms with Gasteiger partial charge in [-0.25, -0.2) is 14.2 Å². The van der Waals surface area contributed by atoms with Gasteiger partial charge in [-0.1, -0.05) is 36.4 Å². The highest BCUT2D eigenvalue weighted by Gasteiger charge is 2.16. The second-order valence-corrected chi connectivity index (χ2v) is 7.87. The van der Waals surface area contributed by atoms with Gasteiger partial charge >= 0.3 is 5.69 Å². The summed E-state index contributed by atoms with van der Waals surface area (Å²) in [6, 6.07) is 14.2. The molecule has 0 bridgehead atoms. The van der Waals surface area contributed by atoms with Crippen molar-refractivity contribution in [2.24, 2.45) is 5.92 Å². The molecule has 0 amide bonds. The lowest BCUT2D eigenvalue weighted by Gasteiger charge is -2.10. The molecule has 3 N–H and O–H groups in total. The fourth-order valence-electron chi connectivity index (χ4n) is 4.02. The second-order valence-electron chi connectivity index (χ2n) is 7.87. The van der Waals surface area contributed by atoms with Gasteiger partial charge in [0.05, 0.1) is 12.7 Å². The van der Waals surface area contributed by atoms with Gasteiger partial charge in [0.25, 0.3) is 0 Å². The van der Waals surface area contributed by atoms with Crippen molar-refractivity contribution in [3.8, 4) is 11.1 Å². The van der Waals surface area contributed by atoms with E-state index in [0.717, 1.165) is 37.2 Å². The summed E-state index contributed by atoms with van der Waals surface area (Å²) in [5.74, 6) is 0.783. The van der Waals surface area contributed by atoms with E-state index in [4.69, 9.17) is 0 Å². The molecule has 1 atom stereocenters. The fraction of sp³-hybridized carbons (Fsp3) is 0.261. The molecule has 31 heavy (non-hydrogen) atoms. The first-order valence-corrected chi connectivity index (χ1v) is 10.4. The molecule has 0 radical (unpaired) electrons. The van der Waals surface area contributed by atoms with Crippen molar-refractivity contribution in [3.63, 3.8) is 0 Å². The zero-order valence-electron chi connectivity index (χ0n) is 16.9. The maximum atomic E-state index is 14.2. The first-order valence-electron chi connectivity index (χ1n) is 10.4. The topological polar surface area (TPSA) is 87.6 Å². The Hall–Kier alpha value is -3.52. The predicted molar refractivity (Wildman–Crippen MR) is 119 cm³/mol. The molecule has 0 unspecified atom stereocenters. The molecule has 2 aromatic carbocycles. The van der Waals surface area contributed by atoms with Gasteiger partial charge in [0.15, 0.2) is 5.65 Å². The van der Waals surface area contributed by atoms with Crippen LogP contribution in [-0.2, 0) is 6.54 Å². The number of aromatic nitrogens is 4. The Morgan fingerprint density at radius 1 is 1.19 bits per heavy atom. The third kappa shape index (κ3) is 4.06. The fourth-order valence-corrected chi connectivity index (χ4v) is 4.02. The van der Waals surface area contributed by atoms with Gasteiger partial charge < -0.3 is 15.6 Å². The minimum Gasteiger partial charge on any atom is -0.354 e. The summed E-state index contributed by atoms with van der Waals surface area (Å²) < 4.78 is 15.8. The van der Waals surface area contributed by atoms with Crippen LogP contribution in [0.3, 0.4) is 0 Å². The Balaban J connectivity index is 1.43. The van der Waals surface area contributed by atoms with E-state index in [9.17, 15) is 9.18 Å². The van der Waals surface area contributed by atoms with Crippen LogP contribution >= 0.6 is 0 Å². The molecular weight excluding hydrogens is 395 g/mol. The molecule has 8 heteroatoms.